The summed E-state index contributed by atoms with van der Waals surface area (Å²) in [5.74, 6) is -1.89. The zero-order valence-electron chi connectivity index (χ0n) is 57.7. The Kier molecular flexibility index (Phi) is 31.1. The van der Waals surface area contributed by atoms with Crippen molar-refractivity contribution in [1.29, 1.82) is 0 Å². The van der Waals surface area contributed by atoms with Gasteiger partial charge < -0.3 is 35.8 Å². The van der Waals surface area contributed by atoms with Crippen molar-refractivity contribution in [1.82, 2.24) is 34.1 Å². The van der Waals surface area contributed by atoms with E-state index in [0.717, 1.165) is 136 Å². The Labute approximate surface area is 632 Å². The van der Waals surface area contributed by atoms with E-state index in [1.807, 2.05) is 29.9 Å². The normalized spacial score (nSPS) is 14.0. The third kappa shape index (κ3) is 24.2. The smallest absolute Gasteiger partial charge is 0.313 e. The molecule has 2 aliphatic rings. The van der Waals surface area contributed by atoms with Gasteiger partial charge in [-0.2, -0.15) is 4.39 Å². The minimum atomic E-state index is -3.78. The number of nitro benzene ring substituents is 3. The molecule has 2 aliphatic heterocycles. The second kappa shape index (κ2) is 38.7. The minimum Gasteiger partial charge on any atom is -0.503 e. The monoisotopic (exact) mass is 1640 g/mol. The summed E-state index contributed by atoms with van der Waals surface area (Å²) < 4.78 is 165. The predicted molar refractivity (Wildman–Crippen MR) is 394 cm³/mol. The van der Waals surface area contributed by atoms with E-state index in [-0.39, 0.29) is 50.3 Å². The first-order chi connectivity index (χ1) is 50.7. The van der Waals surface area contributed by atoms with Gasteiger partial charge in [-0.15, -0.1) is 11.8 Å². The number of aryl methyl sites for hydroxylation is 2. The highest BCUT2D eigenvalue weighted by Crippen LogP contribution is 2.37. The average Bonchev–Trinajstić information content (AvgIpc) is 1.61. The van der Waals surface area contributed by atoms with Crippen LogP contribution in [0.2, 0.25) is 15.3 Å². The molecule has 108 heavy (non-hydrogen) atoms. The van der Waals surface area contributed by atoms with Crippen LogP contribution >= 0.6 is 46.6 Å². The molecule has 10 aromatic rings. The number of aromatic nitrogens is 7. The lowest BCUT2D eigenvalue weighted by Crippen LogP contribution is -2.19. The highest BCUT2D eigenvalue weighted by Gasteiger charge is 2.27. The number of imidazole rings is 2. The Morgan fingerprint density at radius 3 is 1.51 bits per heavy atom. The summed E-state index contributed by atoms with van der Waals surface area (Å²) in [5, 5.41) is 34.9. The molecule has 29 nitrogen and oxygen atoms in total. The average molecular weight is 1640 g/mol. The number of nitrogens with one attached hydrogen (secondary N) is 1. The molecule has 2 unspecified atom stereocenters. The SMILES string of the molecule is CS(=O)(=O)c1cc(F)ccc1N.CS(=O)(=O)c1cc(F)ccc1[N+](=O)[O-].CSc1cc(F)ccc1[N+](=O)[O-].Cc1nc2c(Cl)cc(Cl)nc2n1C1CCCCO1.Cc1nc2c(Nc3ccc(F)cc3S(C)(=O)=O)cc(Cl)nc2n1C1CCCCO1.O=[N+]([O-])c1ccc(F)cc1F.[C-]#[N+]c1nc(N)ccc1OCC. The van der Waals surface area contributed by atoms with Crippen LogP contribution in [0.3, 0.4) is 0 Å². The third-order valence-electron chi connectivity index (χ3n) is 14.6. The Morgan fingerprint density at radius 2 is 1.04 bits per heavy atom. The lowest BCUT2D eigenvalue weighted by atomic mass is 10.2. The Balaban J connectivity index is 0.000000204. The van der Waals surface area contributed by atoms with E-state index in [1.54, 1.807) is 30.5 Å². The molecule has 0 aliphatic carbocycles. The molecular weight excluding hydrogens is 1580 g/mol. The molecular formula is C66H65Cl3F6N14O15S4. The van der Waals surface area contributed by atoms with E-state index >= 15 is 0 Å². The maximum absolute atomic E-state index is 13.6. The number of sulfone groups is 3. The number of nitrogens with zero attached hydrogens (tertiary/aromatic N) is 11. The van der Waals surface area contributed by atoms with Crippen LogP contribution in [0.5, 0.6) is 5.75 Å². The van der Waals surface area contributed by atoms with Crippen LogP contribution < -0.4 is 21.5 Å². The van der Waals surface area contributed by atoms with Gasteiger partial charge in [0, 0.05) is 68.4 Å². The van der Waals surface area contributed by atoms with E-state index in [2.05, 4.69) is 35.1 Å². The van der Waals surface area contributed by atoms with Crippen LogP contribution in [-0.4, -0.2) is 119 Å². The lowest BCUT2D eigenvalue weighted by Gasteiger charge is -2.25. The molecule has 7 heterocycles. The fourth-order valence-electron chi connectivity index (χ4n) is 9.93. The summed E-state index contributed by atoms with van der Waals surface area (Å²) in [6.45, 7) is 14.4. The zero-order chi connectivity index (χ0) is 80.3. The number of thioether (sulfide) groups is 1. The number of hydrogen-bond donors (Lipinski definition) is 3. The van der Waals surface area contributed by atoms with Gasteiger partial charge in [0.25, 0.3) is 11.4 Å². The topological polar surface area (TPSA) is 402 Å². The first kappa shape index (κ1) is 86.9. The van der Waals surface area contributed by atoms with Gasteiger partial charge in [-0.1, -0.05) is 46.4 Å². The number of nitro groups is 3. The number of benzene rings is 5. The van der Waals surface area contributed by atoms with Gasteiger partial charge in [0.15, 0.2) is 40.8 Å². The maximum Gasteiger partial charge on any atom is 0.313 e. The van der Waals surface area contributed by atoms with Gasteiger partial charge in [0.2, 0.25) is 11.6 Å². The largest absolute Gasteiger partial charge is 0.503 e. The molecule has 2 fully saturated rings. The van der Waals surface area contributed by atoms with Gasteiger partial charge in [0.1, 0.15) is 85.2 Å². The number of nitrogens with two attached hydrogens (primary N) is 2. The van der Waals surface area contributed by atoms with Crippen molar-refractivity contribution in [3.8, 4) is 5.75 Å². The highest BCUT2D eigenvalue weighted by molar-refractivity contribution is 7.98. The lowest BCUT2D eigenvalue weighted by molar-refractivity contribution is -0.388. The summed E-state index contributed by atoms with van der Waals surface area (Å²) in [7, 11) is -10.9. The van der Waals surface area contributed by atoms with Crippen molar-refractivity contribution in [2.24, 2.45) is 0 Å². The fourth-order valence-corrected chi connectivity index (χ4v) is 13.7. The van der Waals surface area contributed by atoms with Crippen LogP contribution in [0, 0.1) is 85.7 Å². The molecule has 0 radical (unpaired) electrons. The number of rotatable bonds is 13. The number of ether oxygens (including phenoxy) is 3. The Morgan fingerprint density at radius 1 is 0.583 bits per heavy atom. The predicted octanol–water partition coefficient (Wildman–Crippen LogP) is 16.0. The molecule has 0 spiro atoms. The van der Waals surface area contributed by atoms with E-state index < -0.39 is 95.5 Å². The van der Waals surface area contributed by atoms with Crippen LogP contribution in [0.1, 0.15) is 69.6 Å². The molecule has 0 saturated carbocycles. The van der Waals surface area contributed by atoms with Gasteiger partial charge >= 0.3 is 11.5 Å². The molecule has 0 amide bonds. The minimum absolute atomic E-state index is 0.00853. The van der Waals surface area contributed by atoms with Crippen molar-refractivity contribution in [2.45, 2.75) is 91.3 Å². The van der Waals surface area contributed by atoms with E-state index in [4.69, 9.17) is 67.1 Å². The Bertz CT molecular complexity index is 5370. The maximum atomic E-state index is 13.6. The van der Waals surface area contributed by atoms with Gasteiger partial charge in [-0.05, 0) is 144 Å². The molecule has 5 aromatic carbocycles. The third-order valence-corrected chi connectivity index (χ3v) is 19.5. The zero-order valence-corrected chi connectivity index (χ0v) is 63.3. The molecule has 2 saturated heterocycles. The number of pyridine rings is 3. The van der Waals surface area contributed by atoms with Crippen LogP contribution in [0.15, 0.2) is 135 Å². The van der Waals surface area contributed by atoms with Gasteiger partial charge in [0.05, 0.1) is 58.1 Å². The van der Waals surface area contributed by atoms with Gasteiger partial charge in [-0.25, -0.2) is 67.1 Å². The summed E-state index contributed by atoms with van der Waals surface area (Å²) >= 11 is 19.5. The molecule has 0 bridgehead atoms. The number of halogens is 9. The molecule has 5 aromatic heterocycles. The van der Waals surface area contributed by atoms with E-state index in [1.165, 1.54) is 24.3 Å². The van der Waals surface area contributed by atoms with E-state index in [0.29, 0.717) is 85.8 Å². The van der Waals surface area contributed by atoms with Crippen molar-refractivity contribution in [3.63, 3.8) is 0 Å². The van der Waals surface area contributed by atoms with Crippen molar-refractivity contribution in [2.75, 3.05) is 61.6 Å². The number of fused-ring (bicyclic) bond motifs is 2. The summed E-state index contributed by atoms with van der Waals surface area (Å²) in [4.78, 5) is 52.7. The summed E-state index contributed by atoms with van der Waals surface area (Å²) in [5.41, 5.74) is 12.6. The number of nitrogen functional groups attached to an aromatic ring is 2. The summed E-state index contributed by atoms with van der Waals surface area (Å²) in [6, 6.07) is 21.0. The van der Waals surface area contributed by atoms with Crippen molar-refractivity contribution >= 4 is 144 Å². The summed E-state index contributed by atoms with van der Waals surface area (Å²) in [6.07, 6.45) is 10.4. The highest BCUT2D eigenvalue weighted by atomic mass is 35.5. The number of hydrogen-bond acceptors (Lipinski definition) is 24. The quantitative estimate of drug-likeness (QED) is 0.0183. The molecule has 42 heteroatoms. The molecule has 12 rings (SSSR count). The second-order valence-corrected chi connectivity index (χ2v) is 30.6. The van der Waals surface area contributed by atoms with Crippen molar-refractivity contribution < 1.29 is 80.6 Å². The fraction of sp³-hybridized carbons (Fsp3) is 0.273. The first-order valence-corrected chi connectivity index (χ1v) is 39.2. The molecule has 2 atom stereocenters. The number of anilines is 4. The Hall–Kier alpha value is -10.1. The van der Waals surface area contributed by atoms with E-state index in [9.17, 15) is 81.9 Å². The van der Waals surface area contributed by atoms with Crippen LogP contribution in [0.4, 0.5) is 72.1 Å². The van der Waals surface area contributed by atoms with Crippen molar-refractivity contribution in [3.05, 3.63) is 219 Å². The van der Waals surface area contributed by atoms with Crippen LogP contribution in [-0.2, 0) is 39.0 Å². The van der Waals surface area contributed by atoms with Gasteiger partial charge in [-0.3, -0.25) is 39.5 Å². The molecule has 576 valence electrons. The molecule has 5 N–H and O–H groups in total. The second-order valence-electron chi connectivity index (χ2n) is 22.6. The standard InChI is InChI=1S/C19H20ClFN4O3S.C12H13Cl2N3O.C8H9N3O.C7H6FNO4S.C7H8FNO2S.C7H6FNO2S.C6H3F2NO2/c1-11-22-18-14(23-13-7-6-12(21)9-15(13)29(2,26)27)10-16(20)24-19(18)25(11)17-5-3-4-8-28-17;1-7-15-11-8(13)6-9(14)16-12(11)17(7)10-4-2-3-5-18-10;1-3-12-6-4-5-7(9)11-8(6)10-2;1-14(12,13)7-4-5(8)2-3-6(7)9(10)11;1-12(10,11)7-4-5(8)2-3-6(7)9;1-12-7-4-5(8)2-3-6(7)9(10)11;7-4-1-2-6(9(10)11)5(8)3-4/h6-7,9-10,17H,3-5,8H2,1-2H3,(H,23,24);6,10H,2-5H2,1H3;4-5H,3H2,1H3,(H2,9,11);2-4H,1H3;2-4H,9H2,1H3;2-4H,1H3;1-3H. The van der Waals surface area contributed by atoms with Crippen LogP contribution in [0.25, 0.3) is 27.2 Å². The first-order valence-electron chi connectivity index (χ1n) is 31.2.